The standard InChI is InChI=1S/C17H26N4O2.3ClH/c18-14-17(4-11-23-12-5-17)16(22)21-9-7-20(8-10-21)13-15-3-1-2-6-19-15;;;/h1-3,6H,4-5,7-14,18H2;3*1H. The first-order chi connectivity index (χ1) is 11.2. The minimum atomic E-state index is -0.401. The largest absolute Gasteiger partial charge is 0.381 e. The predicted molar refractivity (Wildman–Crippen MR) is 109 cm³/mol. The van der Waals surface area contributed by atoms with Crippen molar-refractivity contribution in [2.24, 2.45) is 11.1 Å². The summed E-state index contributed by atoms with van der Waals surface area (Å²) in [4.78, 5) is 21.6. The quantitative estimate of drug-likeness (QED) is 0.792. The number of nitrogens with zero attached hydrogens (tertiary/aromatic N) is 3. The van der Waals surface area contributed by atoms with Crippen LogP contribution < -0.4 is 5.73 Å². The number of carbonyl (C=O) groups is 1. The summed E-state index contributed by atoms with van der Waals surface area (Å²) in [5.41, 5.74) is 6.63. The maximum atomic E-state index is 12.9. The van der Waals surface area contributed by atoms with Crippen LogP contribution in [0.2, 0.25) is 0 Å². The van der Waals surface area contributed by atoms with Gasteiger partial charge in [0.15, 0.2) is 0 Å². The number of amides is 1. The van der Waals surface area contributed by atoms with Gasteiger partial charge in [0.1, 0.15) is 0 Å². The highest BCUT2D eigenvalue weighted by Gasteiger charge is 2.42. The van der Waals surface area contributed by atoms with E-state index in [9.17, 15) is 4.79 Å². The summed E-state index contributed by atoms with van der Waals surface area (Å²) < 4.78 is 5.41. The Morgan fingerprint density at radius 2 is 1.77 bits per heavy atom. The zero-order chi connectivity index (χ0) is 16.1. The number of hydrogen-bond donors (Lipinski definition) is 1. The molecular formula is C17H29Cl3N4O2. The van der Waals surface area contributed by atoms with Crippen LogP contribution in [0.3, 0.4) is 0 Å². The first-order valence-electron chi connectivity index (χ1n) is 8.43. The number of hydrogen-bond acceptors (Lipinski definition) is 5. The van der Waals surface area contributed by atoms with Gasteiger partial charge < -0.3 is 15.4 Å². The van der Waals surface area contributed by atoms with Crippen molar-refractivity contribution in [3.8, 4) is 0 Å². The van der Waals surface area contributed by atoms with Gasteiger partial charge in [0, 0.05) is 58.7 Å². The molecule has 0 unspecified atom stereocenters. The van der Waals surface area contributed by atoms with Crippen molar-refractivity contribution >= 4 is 43.1 Å². The lowest BCUT2D eigenvalue weighted by atomic mass is 9.78. The first-order valence-corrected chi connectivity index (χ1v) is 8.43. The van der Waals surface area contributed by atoms with E-state index in [4.69, 9.17) is 10.5 Å². The van der Waals surface area contributed by atoms with Gasteiger partial charge in [0.25, 0.3) is 0 Å². The second kappa shape index (κ2) is 12.0. The molecule has 0 aromatic carbocycles. The number of halogens is 3. The highest BCUT2D eigenvalue weighted by atomic mass is 35.5. The molecule has 0 bridgehead atoms. The minimum absolute atomic E-state index is 0. The first kappa shape index (κ1) is 25.4. The number of piperazine rings is 1. The number of rotatable bonds is 4. The lowest BCUT2D eigenvalue weighted by Gasteiger charge is -2.42. The molecule has 1 aromatic rings. The van der Waals surface area contributed by atoms with Crippen molar-refractivity contribution in [2.45, 2.75) is 19.4 Å². The Labute approximate surface area is 174 Å². The molecule has 2 fully saturated rings. The molecule has 2 N–H and O–H groups in total. The van der Waals surface area contributed by atoms with E-state index in [0.29, 0.717) is 19.8 Å². The van der Waals surface area contributed by atoms with Crippen LogP contribution >= 0.6 is 37.2 Å². The van der Waals surface area contributed by atoms with Crippen LogP contribution in [0.25, 0.3) is 0 Å². The van der Waals surface area contributed by atoms with Crippen LogP contribution in [0.4, 0.5) is 0 Å². The molecule has 0 aliphatic carbocycles. The zero-order valence-electron chi connectivity index (χ0n) is 14.8. The maximum Gasteiger partial charge on any atom is 0.230 e. The molecule has 1 aromatic heterocycles. The Morgan fingerprint density at radius 3 is 2.31 bits per heavy atom. The molecule has 2 saturated heterocycles. The Balaban J connectivity index is 0.00000208. The van der Waals surface area contributed by atoms with E-state index in [1.807, 2.05) is 29.3 Å². The number of nitrogens with two attached hydrogens (primary N) is 1. The SMILES string of the molecule is Cl.Cl.Cl.NCC1(C(=O)N2CCN(Cc3ccccn3)CC2)CCOCC1. The van der Waals surface area contributed by atoms with Crippen molar-refractivity contribution in [3.63, 3.8) is 0 Å². The summed E-state index contributed by atoms with van der Waals surface area (Å²) in [7, 11) is 0. The van der Waals surface area contributed by atoms with Crippen molar-refractivity contribution < 1.29 is 9.53 Å². The van der Waals surface area contributed by atoms with Crippen LogP contribution in [0.15, 0.2) is 24.4 Å². The fourth-order valence-electron chi connectivity index (χ4n) is 3.43. The molecule has 2 aliphatic heterocycles. The van der Waals surface area contributed by atoms with Crippen LogP contribution in [-0.2, 0) is 16.1 Å². The molecule has 3 rings (SSSR count). The van der Waals surface area contributed by atoms with Crippen LogP contribution in [-0.4, -0.2) is 66.6 Å². The number of ether oxygens (including phenoxy) is 1. The highest BCUT2D eigenvalue weighted by Crippen LogP contribution is 2.32. The molecule has 9 heteroatoms. The second-order valence-electron chi connectivity index (χ2n) is 6.49. The monoisotopic (exact) mass is 426 g/mol. The van der Waals surface area contributed by atoms with Gasteiger partial charge in [-0.1, -0.05) is 6.07 Å². The lowest BCUT2D eigenvalue weighted by molar-refractivity contribution is -0.149. The summed E-state index contributed by atoms with van der Waals surface area (Å²) in [6, 6.07) is 5.99. The summed E-state index contributed by atoms with van der Waals surface area (Å²) in [6.45, 7) is 5.87. The Kier molecular flexibility index (Phi) is 11.7. The normalized spacial score (nSPS) is 19.5. The molecule has 150 valence electrons. The minimum Gasteiger partial charge on any atom is -0.381 e. The van der Waals surface area contributed by atoms with Gasteiger partial charge in [-0.05, 0) is 25.0 Å². The highest BCUT2D eigenvalue weighted by molar-refractivity contribution is 5.86. The molecule has 3 heterocycles. The van der Waals surface area contributed by atoms with Gasteiger partial charge in [-0.3, -0.25) is 14.7 Å². The number of pyridine rings is 1. The zero-order valence-corrected chi connectivity index (χ0v) is 17.3. The molecule has 0 atom stereocenters. The third-order valence-corrected chi connectivity index (χ3v) is 5.07. The molecular weight excluding hydrogens is 399 g/mol. The second-order valence-corrected chi connectivity index (χ2v) is 6.49. The van der Waals surface area contributed by atoms with E-state index in [0.717, 1.165) is 51.3 Å². The van der Waals surface area contributed by atoms with Crippen LogP contribution in [0, 0.1) is 5.41 Å². The van der Waals surface area contributed by atoms with Gasteiger partial charge in [-0.2, -0.15) is 0 Å². The Hall–Kier alpha value is -0.630. The molecule has 0 saturated carbocycles. The van der Waals surface area contributed by atoms with E-state index < -0.39 is 5.41 Å². The average molecular weight is 428 g/mol. The molecule has 2 aliphatic rings. The van der Waals surface area contributed by atoms with Gasteiger partial charge >= 0.3 is 0 Å². The van der Waals surface area contributed by atoms with Crippen LogP contribution in [0.5, 0.6) is 0 Å². The van der Waals surface area contributed by atoms with E-state index in [-0.39, 0.29) is 43.1 Å². The molecule has 6 nitrogen and oxygen atoms in total. The van der Waals surface area contributed by atoms with Gasteiger partial charge in [-0.25, -0.2) is 0 Å². The fourth-order valence-corrected chi connectivity index (χ4v) is 3.43. The van der Waals surface area contributed by atoms with Gasteiger partial charge in [-0.15, -0.1) is 37.2 Å². The van der Waals surface area contributed by atoms with E-state index >= 15 is 0 Å². The fraction of sp³-hybridized carbons (Fsp3) is 0.647. The predicted octanol–water partition coefficient (Wildman–Crippen LogP) is 1.75. The summed E-state index contributed by atoms with van der Waals surface area (Å²) in [6.07, 6.45) is 3.32. The molecule has 1 amide bonds. The van der Waals surface area contributed by atoms with Gasteiger partial charge in [0.05, 0.1) is 11.1 Å². The third kappa shape index (κ3) is 5.94. The Morgan fingerprint density at radius 1 is 1.12 bits per heavy atom. The number of aromatic nitrogens is 1. The van der Waals surface area contributed by atoms with Crippen molar-refractivity contribution in [1.29, 1.82) is 0 Å². The number of carbonyl (C=O) groups excluding carboxylic acids is 1. The topological polar surface area (TPSA) is 71.7 Å². The summed E-state index contributed by atoms with van der Waals surface area (Å²) >= 11 is 0. The van der Waals surface area contributed by atoms with E-state index in [2.05, 4.69) is 9.88 Å². The van der Waals surface area contributed by atoms with Crippen molar-refractivity contribution in [1.82, 2.24) is 14.8 Å². The maximum absolute atomic E-state index is 12.9. The Bertz CT molecular complexity index is 522. The van der Waals surface area contributed by atoms with Crippen molar-refractivity contribution in [2.75, 3.05) is 45.9 Å². The average Bonchev–Trinajstić information content (AvgIpc) is 2.63. The van der Waals surface area contributed by atoms with Crippen molar-refractivity contribution in [3.05, 3.63) is 30.1 Å². The smallest absolute Gasteiger partial charge is 0.230 e. The van der Waals surface area contributed by atoms with E-state index in [1.165, 1.54) is 0 Å². The summed E-state index contributed by atoms with van der Waals surface area (Å²) in [5, 5.41) is 0. The lowest BCUT2D eigenvalue weighted by Crippen LogP contribution is -2.56. The molecule has 0 radical (unpaired) electrons. The van der Waals surface area contributed by atoms with Gasteiger partial charge in [0.2, 0.25) is 5.91 Å². The molecule has 0 spiro atoms. The van der Waals surface area contributed by atoms with Crippen LogP contribution in [0.1, 0.15) is 18.5 Å². The van der Waals surface area contributed by atoms with E-state index in [1.54, 1.807) is 0 Å². The molecule has 26 heavy (non-hydrogen) atoms. The summed E-state index contributed by atoms with van der Waals surface area (Å²) in [5.74, 6) is 0.223. The third-order valence-electron chi connectivity index (χ3n) is 5.07.